The van der Waals surface area contributed by atoms with Crippen molar-refractivity contribution in [3.8, 4) is 11.5 Å². The van der Waals surface area contributed by atoms with E-state index < -0.39 is 27.7 Å². The molecule has 1 aliphatic heterocycles. The van der Waals surface area contributed by atoms with Gasteiger partial charge in [-0.25, -0.2) is 17.5 Å². The van der Waals surface area contributed by atoms with Gasteiger partial charge in [0.15, 0.2) is 11.5 Å². The molecule has 11 heteroatoms. The number of nitrogens with zero attached hydrogens (tertiary/aromatic N) is 1. The van der Waals surface area contributed by atoms with Gasteiger partial charge in [0.05, 0.1) is 11.4 Å². The molecule has 0 radical (unpaired) electrons. The highest BCUT2D eigenvalue weighted by Gasteiger charge is 2.20. The summed E-state index contributed by atoms with van der Waals surface area (Å²) in [4.78, 5) is 26.1. The molecule has 0 saturated heterocycles. The molecule has 2 N–H and O–H groups in total. The van der Waals surface area contributed by atoms with E-state index in [9.17, 15) is 22.4 Å². The number of amides is 2. The van der Waals surface area contributed by atoms with Crippen LogP contribution in [0.4, 0.5) is 10.1 Å². The molecule has 0 aromatic heterocycles. The van der Waals surface area contributed by atoms with E-state index in [-0.39, 0.29) is 36.0 Å². The summed E-state index contributed by atoms with van der Waals surface area (Å²) < 4.78 is 51.9. The van der Waals surface area contributed by atoms with Crippen molar-refractivity contribution in [1.29, 1.82) is 0 Å². The molecule has 9 nitrogen and oxygen atoms in total. The van der Waals surface area contributed by atoms with Crippen LogP contribution in [-0.2, 0) is 21.4 Å². The molecule has 0 fully saturated rings. The van der Waals surface area contributed by atoms with Gasteiger partial charge in [-0.15, -0.1) is 0 Å². The zero-order valence-corrected chi connectivity index (χ0v) is 19.5. The number of carbonyl (C=O) groups excluding carboxylic acids is 2. The highest BCUT2D eigenvalue weighted by Crippen LogP contribution is 2.32. The molecule has 0 unspecified atom stereocenters. The fraction of sp³-hybridized carbons (Fsp3) is 0.167. The van der Waals surface area contributed by atoms with Crippen molar-refractivity contribution in [1.82, 2.24) is 9.62 Å². The third kappa shape index (κ3) is 5.94. The lowest BCUT2D eigenvalue weighted by Crippen LogP contribution is -2.35. The predicted molar refractivity (Wildman–Crippen MR) is 125 cm³/mol. The highest BCUT2D eigenvalue weighted by atomic mass is 32.2. The van der Waals surface area contributed by atoms with E-state index in [2.05, 4.69) is 10.0 Å². The Labute approximate surface area is 201 Å². The summed E-state index contributed by atoms with van der Waals surface area (Å²) in [5.74, 6) is -0.444. The number of carbonyl (C=O) groups is 2. The van der Waals surface area contributed by atoms with Crippen LogP contribution in [0.3, 0.4) is 0 Å². The number of likely N-dealkylation sites (N-methyl/N-ethyl adjacent to an activating group) is 1. The molecule has 4 rings (SSSR count). The lowest BCUT2D eigenvalue weighted by molar-refractivity contribution is -0.116. The lowest BCUT2D eigenvalue weighted by atomic mass is 10.2. The fourth-order valence-corrected chi connectivity index (χ4v) is 4.45. The Bertz CT molecular complexity index is 1380. The second-order valence-corrected chi connectivity index (χ2v) is 9.53. The molecule has 182 valence electrons. The topological polar surface area (TPSA) is 114 Å². The number of halogens is 1. The number of hydrogen-bond donors (Lipinski definition) is 2. The Morgan fingerprint density at radius 1 is 1.00 bits per heavy atom. The Morgan fingerprint density at radius 2 is 1.77 bits per heavy atom. The van der Waals surface area contributed by atoms with Crippen molar-refractivity contribution < 1.29 is 31.9 Å². The maximum absolute atomic E-state index is 13.3. The third-order valence-corrected chi connectivity index (χ3v) is 6.53. The van der Waals surface area contributed by atoms with Crippen molar-refractivity contribution >= 4 is 27.5 Å². The highest BCUT2D eigenvalue weighted by molar-refractivity contribution is 7.89. The zero-order chi connectivity index (χ0) is 25.0. The molecule has 2 amide bonds. The van der Waals surface area contributed by atoms with Gasteiger partial charge in [-0.3, -0.25) is 9.59 Å². The molecule has 0 saturated carbocycles. The van der Waals surface area contributed by atoms with Gasteiger partial charge in [-0.05, 0) is 54.1 Å². The maximum Gasteiger partial charge on any atom is 0.254 e. The van der Waals surface area contributed by atoms with Crippen LogP contribution in [0.5, 0.6) is 11.5 Å². The Balaban J connectivity index is 1.39. The van der Waals surface area contributed by atoms with E-state index in [1.807, 2.05) is 0 Å². The minimum Gasteiger partial charge on any atom is -0.454 e. The monoisotopic (exact) mass is 499 g/mol. The van der Waals surface area contributed by atoms with E-state index in [4.69, 9.17) is 9.47 Å². The average molecular weight is 500 g/mol. The lowest BCUT2D eigenvalue weighted by Gasteiger charge is -2.17. The SMILES string of the molecule is CN(CC(=O)Nc1cccc(F)c1)C(=O)c1cccc(S(=O)(=O)NCc2ccc3c(c2)OCO3)c1. The molecule has 3 aromatic carbocycles. The minimum atomic E-state index is -3.93. The Hall–Kier alpha value is -3.96. The summed E-state index contributed by atoms with van der Waals surface area (Å²) in [6.07, 6.45) is 0. The summed E-state index contributed by atoms with van der Waals surface area (Å²) in [5.41, 5.74) is 1.03. The second kappa shape index (κ2) is 10.1. The summed E-state index contributed by atoms with van der Waals surface area (Å²) >= 11 is 0. The molecule has 1 heterocycles. The molecular weight excluding hydrogens is 477 g/mol. The first kappa shape index (κ1) is 24.2. The number of nitrogens with one attached hydrogen (secondary N) is 2. The summed E-state index contributed by atoms with van der Waals surface area (Å²) in [6, 6.07) is 16.0. The predicted octanol–water partition coefficient (Wildman–Crippen LogP) is 2.74. The maximum atomic E-state index is 13.3. The van der Waals surface area contributed by atoms with Crippen LogP contribution >= 0.6 is 0 Å². The van der Waals surface area contributed by atoms with Crippen LogP contribution in [0.15, 0.2) is 71.6 Å². The number of sulfonamides is 1. The first-order valence-corrected chi connectivity index (χ1v) is 12.0. The van der Waals surface area contributed by atoms with E-state index in [1.54, 1.807) is 18.2 Å². The molecule has 0 bridgehead atoms. The summed E-state index contributed by atoms with van der Waals surface area (Å²) in [5, 5.41) is 2.51. The number of rotatable bonds is 8. The molecule has 0 aliphatic carbocycles. The van der Waals surface area contributed by atoms with Crippen molar-refractivity contribution in [3.63, 3.8) is 0 Å². The van der Waals surface area contributed by atoms with Gasteiger partial charge >= 0.3 is 0 Å². The standard InChI is InChI=1S/C24H22FN3O6S/c1-28(14-23(29)27-19-6-3-5-18(25)12-19)24(30)17-4-2-7-20(11-17)35(31,32)26-13-16-8-9-21-22(10-16)34-15-33-21/h2-12,26H,13-15H2,1H3,(H,27,29). The van der Waals surface area contributed by atoms with Crippen molar-refractivity contribution in [2.24, 2.45) is 0 Å². The first-order chi connectivity index (χ1) is 16.7. The van der Waals surface area contributed by atoms with Gasteiger partial charge in [0.25, 0.3) is 5.91 Å². The van der Waals surface area contributed by atoms with E-state index in [1.165, 1.54) is 49.5 Å². The number of anilines is 1. The molecule has 1 aliphatic rings. The zero-order valence-electron chi connectivity index (χ0n) is 18.7. The van der Waals surface area contributed by atoms with E-state index in [0.29, 0.717) is 17.1 Å². The van der Waals surface area contributed by atoms with Crippen LogP contribution in [0.2, 0.25) is 0 Å². The molecular formula is C24H22FN3O6S. The van der Waals surface area contributed by atoms with Crippen molar-refractivity contribution in [3.05, 3.63) is 83.7 Å². The third-order valence-electron chi connectivity index (χ3n) is 5.13. The van der Waals surface area contributed by atoms with Gasteiger partial charge in [-0.2, -0.15) is 0 Å². The summed E-state index contributed by atoms with van der Waals surface area (Å²) in [6.45, 7) is -0.182. The number of ether oxygens (including phenoxy) is 2. The smallest absolute Gasteiger partial charge is 0.254 e. The molecule has 0 spiro atoms. The largest absolute Gasteiger partial charge is 0.454 e. The van der Waals surface area contributed by atoms with Crippen LogP contribution in [0.25, 0.3) is 0 Å². The number of hydrogen-bond acceptors (Lipinski definition) is 6. The normalized spacial score (nSPS) is 12.3. The van der Waals surface area contributed by atoms with Gasteiger partial charge < -0.3 is 19.7 Å². The van der Waals surface area contributed by atoms with Gasteiger partial charge in [0.2, 0.25) is 22.7 Å². The van der Waals surface area contributed by atoms with E-state index >= 15 is 0 Å². The quantitative estimate of drug-likeness (QED) is 0.493. The minimum absolute atomic E-state index is 0.0112. The molecule has 0 atom stereocenters. The second-order valence-electron chi connectivity index (χ2n) is 7.76. The van der Waals surface area contributed by atoms with Gasteiger partial charge in [0, 0.05) is 24.8 Å². The van der Waals surface area contributed by atoms with Crippen LogP contribution < -0.4 is 19.5 Å². The van der Waals surface area contributed by atoms with Crippen LogP contribution in [0.1, 0.15) is 15.9 Å². The van der Waals surface area contributed by atoms with Gasteiger partial charge in [-0.1, -0.05) is 18.2 Å². The van der Waals surface area contributed by atoms with Crippen LogP contribution in [0, 0.1) is 5.82 Å². The average Bonchev–Trinajstić information content (AvgIpc) is 3.30. The number of benzene rings is 3. The Morgan fingerprint density at radius 3 is 2.57 bits per heavy atom. The van der Waals surface area contributed by atoms with Crippen LogP contribution in [-0.4, -0.2) is 45.5 Å². The van der Waals surface area contributed by atoms with Gasteiger partial charge in [0.1, 0.15) is 5.82 Å². The van der Waals surface area contributed by atoms with Crippen molar-refractivity contribution in [2.45, 2.75) is 11.4 Å². The molecule has 3 aromatic rings. The van der Waals surface area contributed by atoms with Crippen molar-refractivity contribution in [2.75, 3.05) is 25.7 Å². The molecule has 35 heavy (non-hydrogen) atoms. The van der Waals surface area contributed by atoms with E-state index in [0.717, 1.165) is 11.0 Å². The first-order valence-electron chi connectivity index (χ1n) is 10.5. The Kier molecular flexibility index (Phi) is 6.99. The summed E-state index contributed by atoms with van der Waals surface area (Å²) in [7, 11) is -2.52. The fourth-order valence-electron chi connectivity index (χ4n) is 3.38. The number of fused-ring (bicyclic) bond motifs is 1.